The molecule has 0 atom stereocenters. The van der Waals surface area contributed by atoms with Crippen molar-refractivity contribution in [1.82, 2.24) is 9.80 Å². The molecule has 0 aliphatic rings. The lowest BCUT2D eigenvalue weighted by atomic mass is 10.3. The maximum absolute atomic E-state index is 5.46. The zero-order valence-electron chi connectivity index (χ0n) is 10.4. The van der Waals surface area contributed by atoms with Crippen molar-refractivity contribution in [2.45, 2.75) is 19.3 Å². The summed E-state index contributed by atoms with van der Waals surface area (Å²) in [6, 6.07) is 0. The Morgan fingerprint density at radius 1 is 0.667 bits per heavy atom. The van der Waals surface area contributed by atoms with Crippen LogP contribution in [-0.2, 0) is 0 Å². The van der Waals surface area contributed by atoms with E-state index < -0.39 is 0 Å². The van der Waals surface area contributed by atoms with Crippen molar-refractivity contribution in [3.63, 3.8) is 0 Å². The maximum Gasteiger partial charge on any atom is -0.000959 e. The first kappa shape index (κ1) is 14.8. The molecule has 0 spiro atoms. The van der Waals surface area contributed by atoms with Gasteiger partial charge in [-0.3, -0.25) is 0 Å². The third-order valence-corrected chi connectivity index (χ3v) is 2.57. The smallest absolute Gasteiger partial charge is 0.000959 e. The molecule has 0 aromatic rings. The summed E-state index contributed by atoms with van der Waals surface area (Å²) in [4.78, 5) is 4.70. The topological polar surface area (TPSA) is 58.5 Å². The lowest BCUT2D eigenvalue weighted by Crippen LogP contribution is -2.28. The van der Waals surface area contributed by atoms with E-state index in [1.807, 2.05) is 0 Å². The van der Waals surface area contributed by atoms with Gasteiger partial charge in [0.2, 0.25) is 0 Å². The van der Waals surface area contributed by atoms with E-state index in [2.05, 4.69) is 23.9 Å². The molecule has 0 aliphatic carbocycles. The quantitative estimate of drug-likeness (QED) is 0.537. The second kappa shape index (κ2) is 10.4. The Kier molecular flexibility index (Phi) is 10.3. The van der Waals surface area contributed by atoms with Crippen LogP contribution in [0.15, 0.2) is 0 Å². The minimum absolute atomic E-state index is 0.792. The van der Waals surface area contributed by atoms with Gasteiger partial charge in [-0.05, 0) is 72.6 Å². The van der Waals surface area contributed by atoms with Crippen molar-refractivity contribution >= 4 is 0 Å². The summed E-state index contributed by atoms with van der Waals surface area (Å²) in [6.07, 6.45) is 3.42. The second-order valence-electron chi connectivity index (χ2n) is 4.24. The zero-order valence-corrected chi connectivity index (χ0v) is 10.4. The normalized spacial score (nSPS) is 11.6. The maximum atomic E-state index is 5.46. The Labute approximate surface area is 94.6 Å². The van der Waals surface area contributed by atoms with Crippen LogP contribution in [0.3, 0.4) is 0 Å². The minimum Gasteiger partial charge on any atom is -0.330 e. The molecule has 15 heavy (non-hydrogen) atoms. The summed E-state index contributed by atoms with van der Waals surface area (Å²) in [6.45, 7) is 6.13. The molecule has 0 saturated heterocycles. The Hall–Kier alpha value is -0.160. The van der Waals surface area contributed by atoms with Gasteiger partial charge in [0.05, 0.1) is 0 Å². The second-order valence-corrected chi connectivity index (χ2v) is 4.24. The van der Waals surface area contributed by atoms with Gasteiger partial charge in [-0.15, -0.1) is 0 Å². The fourth-order valence-corrected chi connectivity index (χ4v) is 1.56. The zero-order chi connectivity index (χ0) is 11.5. The van der Waals surface area contributed by atoms with E-state index in [9.17, 15) is 0 Å². The van der Waals surface area contributed by atoms with Crippen molar-refractivity contribution < 1.29 is 0 Å². The average Bonchev–Trinajstić information content (AvgIpc) is 2.23. The molecule has 0 radical (unpaired) electrons. The van der Waals surface area contributed by atoms with E-state index in [0.717, 1.165) is 52.1 Å². The average molecular weight is 216 g/mol. The predicted molar refractivity (Wildman–Crippen MR) is 67.0 cm³/mol. The highest BCUT2D eigenvalue weighted by atomic mass is 15.1. The number of hydrogen-bond acceptors (Lipinski definition) is 4. The van der Waals surface area contributed by atoms with Crippen LogP contribution in [0.2, 0.25) is 0 Å². The van der Waals surface area contributed by atoms with Gasteiger partial charge in [-0.2, -0.15) is 0 Å². The van der Waals surface area contributed by atoms with E-state index in [1.165, 1.54) is 6.42 Å². The molecule has 0 unspecified atom stereocenters. The van der Waals surface area contributed by atoms with Gasteiger partial charge in [0, 0.05) is 0 Å². The Morgan fingerprint density at radius 3 is 1.33 bits per heavy atom. The number of nitrogens with zero attached hydrogens (tertiary/aromatic N) is 2. The fraction of sp³-hybridized carbons (Fsp3) is 1.00. The summed E-state index contributed by atoms with van der Waals surface area (Å²) in [7, 11) is 4.32. The highest BCUT2D eigenvalue weighted by Gasteiger charge is 2.00. The molecule has 4 heteroatoms. The largest absolute Gasteiger partial charge is 0.330 e. The Bertz CT molecular complexity index is 116. The molecular formula is C11H28N4. The molecule has 0 bridgehead atoms. The molecule has 92 valence electrons. The summed E-state index contributed by atoms with van der Waals surface area (Å²) in [5.41, 5.74) is 10.9. The summed E-state index contributed by atoms with van der Waals surface area (Å²) in [5.74, 6) is 0. The van der Waals surface area contributed by atoms with Gasteiger partial charge in [-0.1, -0.05) is 0 Å². The molecule has 0 aromatic heterocycles. The standard InChI is InChI=1S/C11H28N4/c1-14(8-3-6-12)10-5-11-15(2)9-4-7-13/h3-13H2,1-2H3. The summed E-state index contributed by atoms with van der Waals surface area (Å²) < 4.78 is 0. The number of hydrogen-bond donors (Lipinski definition) is 2. The van der Waals surface area contributed by atoms with Gasteiger partial charge in [0.15, 0.2) is 0 Å². The molecular weight excluding hydrogens is 188 g/mol. The third kappa shape index (κ3) is 10.1. The van der Waals surface area contributed by atoms with Crippen LogP contribution < -0.4 is 11.5 Å². The Balaban J connectivity index is 3.27. The Morgan fingerprint density at radius 2 is 1.00 bits per heavy atom. The molecule has 0 aromatic carbocycles. The van der Waals surface area contributed by atoms with Gasteiger partial charge in [0.1, 0.15) is 0 Å². The van der Waals surface area contributed by atoms with Gasteiger partial charge < -0.3 is 21.3 Å². The molecule has 0 rings (SSSR count). The van der Waals surface area contributed by atoms with E-state index in [0.29, 0.717) is 0 Å². The van der Waals surface area contributed by atoms with Crippen LogP contribution in [0.1, 0.15) is 19.3 Å². The lowest BCUT2D eigenvalue weighted by Gasteiger charge is -2.19. The van der Waals surface area contributed by atoms with Crippen LogP contribution in [0.25, 0.3) is 0 Å². The first-order valence-electron chi connectivity index (χ1n) is 5.98. The van der Waals surface area contributed by atoms with Crippen LogP contribution >= 0.6 is 0 Å². The van der Waals surface area contributed by atoms with E-state index >= 15 is 0 Å². The van der Waals surface area contributed by atoms with Crippen LogP contribution in [0.5, 0.6) is 0 Å². The van der Waals surface area contributed by atoms with Crippen molar-refractivity contribution in [2.75, 3.05) is 53.4 Å². The molecule has 0 aliphatic heterocycles. The van der Waals surface area contributed by atoms with Crippen molar-refractivity contribution in [3.8, 4) is 0 Å². The molecule has 0 amide bonds. The molecule has 4 N–H and O–H groups in total. The van der Waals surface area contributed by atoms with Crippen molar-refractivity contribution in [3.05, 3.63) is 0 Å². The van der Waals surface area contributed by atoms with E-state index in [-0.39, 0.29) is 0 Å². The van der Waals surface area contributed by atoms with Gasteiger partial charge >= 0.3 is 0 Å². The highest BCUT2D eigenvalue weighted by molar-refractivity contribution is 4.57. The molecule has 0 saturated carbocycles. The summed E-state index contributed by atoms with van der Waals surface area (Å²) in [5, 5.41) is 0. The van der Waals surface area contributed by atoms with Crippen molar-refractivity contribution in [1.29, 1.82) is 0 Å². The first-order chi connectivity index (χ1) is 7.20. The van der Waals surface area contributed by atoms with Crippen molar-refractivity contribution in [2.24, 2.45) is 11.5 Å². The van der Waals surface area contributed by atoms with Crippen LogP contribution in [-0.4, -0.2) is 63.2 Å². The summed E-state index contributed by atoms with van der Waals surface area (Å²) >= 11 is 0. The third-order valence-electron chi connectivity index (χ3n) is 2.57. The van der Waals surface area contributed by atoms with Gasteiger partial charge in [-0.25, -0.2) is 0 Å². The monoisotopic (exact) mass is 216 g/mol. The molecule has 4 nitrogen and oxygen atoms in total. The van der Waals surface area contributed by atoms with E-state index in [4.69, 9.17) is 11.5 Å². The predicted octanol–water partition coefficient (Wildman–Crippen LogP) is -0.0623. The van der Waals surface area contributed by atoms with Crippen LogP contribution in [0, 0.1) is 0 Å². The lowest BCUT2D eigenvalue weighted by molar-refractivity contribution is 0.276. The van der Waals surface area contributed by atoms with E-state index in [1.54, 1.807) is 0 Å². The SMILES string of the molecule is CN(CCCN)CCCN(C)CCCN. The van der Waals surface area contributed by atoms with Gasteiger partial charge in [0.25, 0.3) is 0 Å². The molecule has 0 fully saturated rings. The fourth-order valence-electron chi connectivity index (χ4n) is 1.56. The first-order valence-corrected chi connectivity index (χ1v) is 5.98. The molecule has 0 heterocycles. The van der Waals surface area contributed by atoms with Crippen LogP contribution in [0.4, 0.5) is 0 Å². The highest BCUT2D eigenvalue weighted by Crippen LogP contribution is 1.93. The minimum atomic E-state index is 0.792. The number of rotatable bonds is 10. The number of nitrogens with two attached hydrogens (primary N) is 2.